The number of nitrogen functional groups attached to an aromatic ring is 1. The number of carbonyl (C=O) groups is 4. The Morgan fingerprint density at radius 2 is 1.98 bits per heavy atom. The standard InChI is InChI=1S/C29H34N6O8S2/c1-4-7-19(8-5-2)43-29(39)42-16(3)41-27(38)23-18(11-10-17-9-6-12-31-13-17)14-44-26-22(25(37)35(23)26)33-24(36)21(34-40)20-15-45-28(30)32-20/h6,9-13,15-16,19,22,26,40H,4-5,7-8,14H2,1-3H3,(H2,30,32)(H,33,36)/b11-10-,34-21?/t16?,22-,26+/m1/s1. The van der Waals surface area contributed by atoms with E-state index in [9.17, 15) is 24.4 Å². The number of amides is 2. The molecule has 2 aromatic rings. The number of nitrogens with two attached hydrogens (primary N) is 1. The number of anilines is 1. The fraction of sp³-hybridized carbons (Fsp3) is 0.414. The van der Waals surface area contributed by atoms with Crippen LogP contribution in [0.1, 0.15) is 57.7 Å². The Labute approximate surface area is 267 Å². The molecule has 4 heterocycles. The van der Waals surface area contributed by atoms with Gasteiger partial charge in [0.25, 0.3) is 11.8 Å². The quantitative estimate of drug-likeness (QED) is 0.0706. The van der Waals surface area contributed by atoms with E-state index in [1.165, 1.54) is 29.0 Å². The molecular weight excluding hydrogens is 624 g/mol. The molecule has 1 saturated heterocycles. The van der Waals surface area contributed by atoms with Gasteiger partial charge in [-0.25, -0.2) is 14.6 Å². The van der Waals surface area contributed by atoms with Gasteiger partial charge in [-0.15, -0.1) is 23.1 Å². The van der Waals surface area contributed by atoms with Gasteiger partial charge in [0.15, 0.2) is 10.8 Å². The molecule has 2 amide bonds. The number of β-lactam (4-membered cyclic amide) rings is 1. The van der Waals surface area contributed by atoms with Gasteiger partial charge < -0.3 is 30.5 Å². The Morgan fingerprint density at radius 1 is 1.22 bits per heavy atom. The molecule has 0 saturated carbocycles. The van der Waals surface area contributed by atoms with E-state index < -0.39 is 47.4 Å². The van der Waals surface area contributed by atoms with Gasteiger partial charge in [0.1, 0.15) is 28.9 Å². The monoisotopic (exact) mass is 658 g/mol. The summed E-state index contributed by atoms with van der Waals surface area (Å²) in [6.45, 7) is 5.33. The van der Waals surface area contributed by atoms with E-state index in [1.54, 1.807) is 30.6 Å². The average molecular weight is 659 g/mol. The maximum atomic E-state index is 13.5. The molecule has 1 unspecified atom stereocenters. The number of thioether (sulfide) groups is 1. The number of hydrogen-bond acceptors (Lipinski definition) is 14. The van der Waals surface area contributed by atoms with Crippen LogP contribution in [0.3, 0.4) is 0 Å². The van der Waals surface area contributed by atoms with Crippen molar-refractivity contribution in [3.8, 4) is 0 Å². The third-order valence-electron chi connectivity index (χ3n) is 6.74. The van der Waals surface area contributed by atoms with Crippen LogP contribution < -0.4 is 11.1 Å². The second kappa shape index (κ2) is 15.5. The van der Waals surface area contributed by atoms with E-state index in [1.807, 2.05) is 19.9 Å². The molecule has 3 atom stereocenters. The van der Waals surface area contributed by atoms with Crippen LogP contribution in [0.15, 0.2) is 52.4 Å². The highest BCUT2D eigenvalue weighted by Gasteiger charge is 2.54. The van der Waals surface area contributed by atoms with Crippen molar-refractivity contribution in [1.82, 2.24) is 20.2 Å². The van der Waals surface area contributed by atoms with Crippen LogP contribution in [0.25, 0.3) is 6.08 Å². The smallest absolute Gasteiger partial charge is 0.431 e. The molecule has 0 spiro atoms. The van der Waals surface area contributed by atoms with Crippen molar-refractivity contribution in [2.45, 2.75) is 70.3 Å². The second-order valence-corrected chi connectivity index (χ2v) is 12.0. The zero-order valence-corrected chi connectivity index (χ0v) is 26.5. The maximum absolute atomic E-state index is 13.5. The molecule has 14 nitrogen and oxygen atoms in total. The van der Waals surface area contributed by atoms with Crippen molar-refractivity contribution in [2.75, 3.05) is 11.5 Å². The highest BCUT2D eigenvalue weighted by molar-refractivity contribution is 8.00. The van der Waals surface area contributed by atoms with Crippen molar-refractivity contribution in [3.63, 3.8) is 0 Å². The van der Waals surface area contributed by atoms with Crippen LogP contribution in [-0.2, 0) is 28.6 Å². The number of fused-ring (bicyclic) bond motifs is 1. The molecule has 2 aliphatic rings. The van der Waals surface area contributed by atoms with Gasteiger partial charge in [0.05, 0.1) is 0 Å². The summed E-state index contributed by atoms with van der Waals surface area (Å²) in [7, 11) is 0. The highest BCUT2D eigenvalue weighted by atomic mass is 32.2. The average Bonchev–Trinajstić information content (AvgIpc) is 3.44. The Balaban J connectivity index is 1.51. The van der Waals surface area contributed by atoms with Gasteiger partial charge in [0.2, 0.25) is 6.29 Å². The number of ether oxygens (including phenoxy) is 3. The Morgan fingerprint density at radius 3 is 2.60 bits per heavy atom. The van der Waals surface area contributed by atoms with E-state index in [2.05, 4.69) is 20.4 Å². The third kappa shape index (κ3) is 8.19. The second-order valence-electron chi connectivity index (χ2n) is 10.0. The van der Waals surface area contributed by atoms with Crippen molar-refractivity contribution in [2.24, 2.45) is 5.16 Å². The van der Waals surface area contributed by atoms with Gasteiger partial charge in [-0.3, -0.25) is 19.5 Å². The minimum absolute atomic E-state index is 0.0487. The summed E-state index contributed by atoms with van der Waals surface area (Å²) in [4.78, 5) is 61.5. The van der Waals surface area contributed by atoms with Crippen molar-refractivity contribution >= 4 is 64.0 Å². The highest BCUT2D eigenvalue weighted by Crippen LogP contribution is 2.41. The number of carbonyl (C=O) groups excluding carboxylic acids is 4. The number of nitrogens with one attached hydrogen (secondary N) is 1. The largest absolute Gasteiger partial charge is 0.511 e. The number of hydrogen-bond donors (Lipinski definition) is 3. The number of pyridine rings is 1. The predicted molar refractivity (Wildman–Crippen MR) is 167 cm³/mol. The molecule has 45 heavy (non-hydrogen) atoms. The first kappa shape index (κ1) is 33.5. The molecular formula is C29H34N6O8S2. The van der Waals surface area contributed by atoms with Crippen LogP contribution in [0.4, 0.5) is 9.93 Å². The first-order valence-electron chi connectivity index (χ1n) is 14.2. The molecule has 4 N–H and O–H groups in total. The summed E-state index contributed by atoms with van der Waals surface area (Å²) in [5.74, 6) is -2.07. The molecule has 0 aromatic carbocycles. The van der Waals surface area contributed by atoms with Crippen LogP contribution in [0.2, 0.25) is 0 Å². The van der Waals surface area contributed by atoms with Gasteiger partial charge >= 0.3 is 12.1 Å². The fourth-order valence-corrected chi connectivity index (χ4v) is 6.55. The van der Waals surface area contributed by atoms with Gasteiger partial charge in [-0.1, -0.05) is 50.1 Å². The van der Waals surface area contributed by atoms with Crippen molar-refractivity contribution in [1.29, 1.82) is 0 Å². The van der Waals surface area contributed by atoms with Crippen LogP contribution in [0, 0.1) is 0 Å². The molecule has 240 valence electrons. The van der Waals surface area contributed by atoms with Crippen LogP contribution in [-0.4, -0.2) is 79.3 Å². The topological polar surface area (TPSA) is 196 Å². The van der Waals surface area contributed by atoms with E-state index in [0.717, 1.165) is 29.7 Å². The third-order valence-corrected chi connectivity index (χ3v) is 8.71. The normalized spacial score (nSPS) is 18.8. The van der Waals surface area contributed by atoms with E-state index in [-0.39, 0.29) is 28.4 Å². The van der Waals surface area contributed by atoms with Crippen molar-refractivity contribution in [3.05, 3.63) is 58.5 Å². The summed E-state index contributed by atoms with van der Waals surface area (Å²) in [6, 6.07) is 2.54. The molecule has 0 aliphatic carbocycles. The lowest BCUT2D eigenvalue weighted by Crippen LogP contribution is -2.71. The number of oxime groups is 1. The van der Waals surface area contributed by atoms with Gasteiger partial charge in [-0.05, 0) is 30.0 Å². The first-order chi connectivity index (χ1) is 21.7. The zero-order valence-electron chi connectivity index (χ0n) is 24.9. The summed E-state index contributed by atoms with van der Waals surface area (Å²) >= 11 is 2.37. The zero-order chi connectivity index (χ0) is 32.5. The van der Waals surface area contributed by atoms with E-state index >= 15 is 0 Å². The number of rotatable bonds is 13. The SMILES string of the molecule is CCCC(CCC)OC(=O)OC(C)OC(=O)C1=C(/C=C\c2cccnc2)CS[C@H]2[C@H](NC(=O)C(=NO)c3csc(N)n3)C(=O)N12. The number of allylic oxidation sites excluding steroid dienone is 1. The summed E-state index contributed by atoms with van der Waals surface area (Å²) in [6.07, 6.45) is 7.08. The lowest BCUT2D eigenvalue weighted by Gasteiger charge is -2.49. The summed E-state index contributed by atoms with van der Waals surface area (Å²) < 4.78 is 16.0. The minimum Gasteiger partial charge on any atom is -0.431 e. The molecule has 4 rings (SSSR count). The number of esters is 1. The van der Waals surface area contributed by atoms with Crippen LogP contribution >= 0.6 is 23.1 Å². The van der Waals surface area contributed by atoms with Crippen LogP contribution in [0.5, 0.6) is 0 Å². The molecule has 2 aromatic heterocycles. The predicted octanol–water partition coefficient (Wildman–Crippen LogP) is 3.68. The van der Waals surface area contributed by atoms with Gasteiger partial charge in [0, 0.05) is 30.5 Å². The number of thiazole rings is 1. The molecule has 16 heteroatoms. The molecule has 1 fully saturated rings. The Hall–Kier alpha value is -4.44. The number of aromatic nitrogens is 2. The lowest BCUT2D eigenvalue weighted by molar-refractivity contribution is -0.169. The maximum Gasteiger partial charge on any atom is 0.511 e. The summed E-state index contributed by atoms with van der Waals surface area (Å²) in [5, 5.41) is 16.0. The lowest BCUT2D eigenvalue weighted by atomic mass is 10.0. The van der Waals surface area contributed by atoms with Gasteiger partial charge in [-0.2, -0.15) is 0 Å². The Bertz CT molecular complexity index is 1490. The Kier molecular flexibility index (Phi) is 11.5. The molecule has 0 radical (unpaired) electrons. The van der Waals surface area contributed by atoms with Crippen molar-refractivity contribution < 1.29 is 38.6 Å². The minimum atomic E-state index is -1.32. The number of nitrogens with zero attached hydrogens (tertiary/aromatic N) is 4. The first-order valence-corrected chi connectivity index (χ1v) is 16.2. The molecule has 2 aliphatic heterocycles. The summed E-state index contributed by atoms with van der Waals surface area (Å²) in [5.41, 5.74) is 6.44. The fourth-order valence-electron chi connectivity index (χ4n) is 4.69. The molecule has 0 bridgehead atoms. The van der Waals surface area contributed by atoms with E-state index in [0.29, 0.717) is 18.4 Å². The van der Waals surface area contributed by atoms with E-state index in [4.69, 9.17) is 19.9 Å².